The third-order valence-corrected chi connectivity index (χ3v) is 2.99. The van der Waals surface area contributed by atoms with Crippen LogP contribution in [0.3, 0.4) is 0 Å². The summed E-state index contributed by atoms with van der Waals surface area (Å²) in [5.74, 6) is 0. The Kier molecular flexibility index (Phi) is 7.37. The molecular formula is C16H23F. The van der Waals surface area contributed by atoms with Crippen LogP contribution < -0.4 is 0 Å². The third-order valence-electron chi connectivity index (χ3n) is 2.99. The predicted molar refractivity (Wildman–Crippen MR) is 73.8 cm³/mol. The Bertz CT molecular complexity index is 314. The maximum atomic E-state index is 12.9. The van der Waals surface area contributed by atoms with E-state index in [0.717, 1.165) is 17.6 Å². The molecule has 94 valence electrons. The fourth-order valence-corrected chi connectivity index (χ4v) is 1.93. The summed E-state index contributed by atoms with van der Waals surface area (Å²) in [6, 6.07) is 9.83. The van der Waals surface area contributed by atoms with Gasteiger partial charge in [-0.1, -0.05) is 69.0 Å². The van der Waals surface area contributed by atoms with Crippen LogP contribution in [0.5, 0.6) is 0 Å². The first-order valence-electron chi connectivity index (χ1n) is 6.69. The second kappa shape index (κ2) is 8.98. The zero-order valence-electron chi connectivity index (χ0n) is 10.8. The van der Waals surface area contributed by atoms with Gasteiger partial charge in [-0.25, -0.2) is 4.39 Å². The molecule has 1 aromatic carbocycles. The van der Waals surface area contributed by atoms with Crippen LogP contribution in [0.4, 0.5) is 4.39 Å². The largest absolute Gasteiger partial charge is 0.246 e. The highest BCUT2D eigenvalue weighted by Crippen LogP contribution is 2.16. The smallest absolute Gasteiger partial charge is 0.115 e. The molecule has 0 aromatic heterocycles. The lowest BCUT2D eigenvalue weighted by molar-refractivity contribution is 0.569. The molecule has 0 bridgehead atoms. The number of halogens is 1. The molecule has 0 aliphatic heterocycles. The van der Waals surface area contributed by atoms with Crippen molar-refractivity contribution in [3.05, 3.63) is 42.0 Å². The van der Waals surface area contributed by atoms with Gasteiger partial charge in [-0.3, -0.25) is 0 Å². The molecule has 1 rings (SSSR count). The van der Waals surface area contributed by atoms with Crippen LogP contribution >= 0.6 is 0 Å². The molecule has 0 amide bonds. The van der Waals surface area contributed by atoms with Crippen LogP contribution in [-0.2, 0) is 0 Å². The Morgan fingerprint density at radius 2 is 1.76 bits per heavy atom. The van der Waals surface area contributed by atoms with Crippen molar-refractivity contribution in [1.82, 2.24) is 0 Å². The maximum Gasteiger partial charge on any atom is 0.115 e. The van der Waals surface area contributed by atoms with Crippen molar-refractivity contribution in [3.63, 3.8) is 0 Å². The zero-order chi connectivity index (χ0) is 12.3. The molecule has 0 aliphatic carbocycles. The summed E-state index contributed by atoms with van der Waals surface area (Å²) < 4.78 is 12.9. The molecule has 0 spiro atoms. The monoisotopic (exact) mass is 234 g/mol. The van der Waals surface area contributed by atoms with Gasteiger partial charge in [-0.05, 0) is 24.0 Å². The molecule has 0 fully saturated rings. The van der Waals surface area contributed by atoms with Crippen molar-refractivity contribution in [2.24, 2.45) is 0 Å². The number of rotatable bonds is 8. The zero-order valence-corrected chi connectivity index (χ0v) is 10.8. The van der Waals surface area contributed by atoms with Gasteiger partial charge in [0.25, 0.3) is 0 Å². The lowest BCUT2D eigenvalue weighted by Crippen LogP contribution is -1.86. The minimum absolute atomic E-state index is 0.362. The first kappa shape index (κ1) is 14.0. The predicted octanol–water partition coefficient (Wildman–Crippen LogP) is 5.40. The molecule has 17 heavy (non-hydrogen) atoms. The van der Waals surface area contributed by atoms with E-state index in [0.29, 0.717) is 0 Å². The molecule has 0 saturated heterocycles. The number of benzene rings is 1. The highest BCUT2D eigenvalue weighted by Gasteiger charge is 1.99. The summed E-state index contributed by atoms with van der Waals surface area (Å²) in [5.41, 5.74) is 1.85. The summed E-state index contributed by atoms with van der Waals surface area (Å²) in [4.78, 5) is 0. The Labute approximate surface area is 105 Å². The molecule has 0 unspecified atom stereocenters. The average molecular weight is 234 g/mol. The molecular weight excluding hydrogens is 211 g/mol. The van der Waals surface area contributed by atoms with Gasteiger partial charge in [-0.15, -0.1) is 0 Å². The van der Waals surface area contributed by atoms with E-state index < -0.39 is 0 Å². The van der Waals surface area contributed by atoms with Crippen molar-refractivity contribution in [2.75, 3.05) is 6.67 Å². The first-order chi connectivity index (χ1) is 8.38. The van der Waals surface area contributed by atoms with E-state index in [1.54, 1.807) is 0 Å². The molecule has 0 nitrogen and oxygen atoms in total. The van der Waals surface area contributed by atoms with Gasteiger partial charge in [0, 0.05) is 0 Å². The van der Waals surface area contributed by atoms with Crippen LogP contribution in [0.15, 0.2) is 36.4 Å². The summed E-state index contributed by atoms with van der Waals surface area (Å²) in [6.07, 6.45) is 9.39. The molecule has 0 aliphatic rings. The molecule has 0 atom stereocenters. The highest BCUT2D eigenvalue weighted by atomic mass is 19.1. The van der Waals surface area contributed by atoms with E-state index in [1.165, 1.54) is 32.1 Å². The summed E-state index contributed by atoms with van der Waals surface area (Å²) in [6.45, 7) is 1.86. The first-order valence-corrected chi connectivity index (χ1v) is 6.69. The lowest BCUT2D eigenvalue weighted by atomic mass is 10.0. The lowest BCUT2D eigenvalue weighted by Gasteiger charge is -2.03. The fourth-order valence-electron chi connectivity index (χ4n) is 1.93. The highest BCUT2D eigenvalue weighted by molar-refractivity contribution is 5.66. The molecule has 0 radical (unpaired) electrons. The van der Waals surface area contributed by atoms with Crippen LogP contribution in [0.1, 0.15) is 51.0 Å². The molecule has 0 heterocycles. The SMILES string of the molecule is CCCCCCC/C=C(/CF)c1ccccc1. The molecule has 1 heteroatoms. The number of allylic oxidation sites excluding steroid dienone is 2. The van der Waals surface area contributed by atoms with E-state index in [1.807, 2.05) is 30.3 Å². The number of hydrogen-bond donors (Lipinski definition) is 0. The minimum Gasteiger partial charge on any atom is -0.246 e. The number of unbranched alkanes of at least 4 members (excludes halogenated alkanes) is 5. The summed E-state index contributed by atoms with van der Waals surface area (Å²) in [7, 11) is 0. The summed E-state index contributed by atoms with van der Waals surface area (Å²) >= 11 is 0. The van der Waals surface area contributed by atoms with Crippen molar-refractivity contribution in [1.29, 1.82) is 0 Å². The molecule has 0 saturated carbocycles. The maximum absolute atomic E-state index is 12.9. The van der Waals surface area contributed by atoms with Crippen molar-refractivity contribution in [3.8, 4) is 0 Å². The average Bonchev–Trinajstić information content (AvgIpc) is 2.39. The van der Waals surface area contributed by atoms with Gasteiger partial charge in [0.2, 0.25) is 0 Å². The Morgan fingerprint density at radius 3 is 2.41 bits per heavy atom. The molecule has 0 N–H and O–H groups in total. The van der Waals surface area contributed by atoms with Gasteiger partial charge < -0.3 is 0 Å². The standard InChI is InChI=1S/C16H23F/c1-2-3-4-5-6-8-13-16(14-17)15-11-9-7-10-12-15/h7,9-13H,2-6,8,14H2,1H3/b16-13-. The number of alkyl halides is 1. The van der Waals surface area contributed by atoms with Gasteiger partial charge in [0.1, 0.15) is 6.67 Å². The third kappa shape index (κ3) is 5.67. The Balaban J connectivity index is 2.35. The minimum atomic E-state index is -0.362. The van der Waals surface area contributed by atoms with Crippen LogP contribution in [0.25, 0.3) is 5.57 Å². The molecule has 1 aromatic rings. The second-order valence-electron chi connectivity index (χ2n) is 4.43. The Hall–Kier alpha value is -1.11. The van der Waals surface area contributed by atoms with Gasteiger partial charge in [0.15, 0.2) is 0 Å². The van der Waals surface area contributed by atoms with Crippen molar-refractivity contribution >= 4 is 5.57 Å². The van der Waals surface area contributed by atoms with Gasteiger partial charge in [-0.2, -0.15) is 0 Å². The van der Waals surface area contributed by atoms with Crippen LogP contribution in [0.2, 0.25) is 0 Å². The van der Waals surface area contributed by atoms with Gasteiger partial charge >= 0.3 is 0 Å². The van der Waals surface area contributed by atoms with Crippen LogP contribution in [-0.4, -0.2) is 6.67 Å². The topological polar surface area (TPSA) is 0 Å². The summed E-state index contributed by atoms with van der Waals surface area (Å²) in [5, 5.41) is 0. The number of hydrogen-bond acceptors (Lipinski definition) is 0. The van der Waals surface area contributed by atoms with Crippen LogP contribution in [0, 0.1) is 0 Å². The van der Waals surface area contributed by atoms with E-state index >= 15 is 0 Å². The van der Waals surface area contributed by atoms with E-state index in [-0.39, 0.29) is 6.67 Å². The second-order valence-corrected chi connectivity index (χ2v) is 4.43. The Morgan fingerprint density at radius 1 is 1.06 bits per heavy atom. The fraction of sp³-hybridized carbons (Fsp3) is 0.500. The van der Waals surface area contributed by atoms with Crippen molar-refractivity contribution < 1.29 is 4.39 Å². The van der Waals surface area contributed by atoms with E-state index in [4.69, 9.17) is 0 Å². The van der Waals surface area contributed by atoms with Crippen molar-refractivity contribution in [2.45, 2.75) is 45.4 Å². The van der Waals surface area contributed by atoms with Gasteiger partial charge in [0.05, 0.1) is 0 Å². The van der Waals surface area contributed by atoms with E-state index in [9.17, 15) is 4.39 Å². The normalized spacial score (nSPS) is 11.8. The quantitative estimate of drug-likeness (QED) is 0.528. The van der Waals surface area contributed by atoms with E-state index in [2.05, 4.69) is 13.0 Å².